The van der Waals surface area contributed by atoms with Crippen molar-refractivity contribution in [3.8, 4) is 28.6 Å². The molecule has 0 atom stereocenters. The number of carboxylic acid groups (broad SMARTS) is 1. The number of halogens is 2. The summed E-state index contributed by atoms with van der Waals surface area (Å²) in [5.74, 6) is -4.12. The SMILES string of the molecule is Cc1cc(Oc2nc(OC3(C(=O)O)CCCC3)c(F)cc2F)cc(-c2cccc(CN)c2)c1. The van der Waals surface area contributed by atoms with E-state index in [1.165, 1.54) is 0 Å². The summed E-state index contributed by atoms with van der Waals surface area (Å²) in [6.45, 7) is 2.26. The van der Waals surface area contributed by atoms with Gasteiger partial charge in [0.05, 0.1) is 0 Å². The van der Waals surface area contributed by atoms with Crippen molar-refractivity contribution in [1.29, 1.82) is 0 Å². The van der Waals surface area contributed by atoms with Gasteiger partial charge in [0.1, 0.15) is 5.75 Å². The minimum Gasteiger partial charge on any atom is -0.478 e. The van der Waals surface area contributed by atoms with E-state index in [4.69, 9.17) is 15.2 Å². The third-order valence-corrected chi connectivity index (χ3v) is 5.72. The molecule has 1 aliphatic carbocycles. The molecule has 1 heterocycles. The Morgan fingerprint density at radius 2 is 1.79 bits per heavy atom. The molecule has 3 aromatic rings. The Morgan fingerprint density at radius 1 is 1.06 bits per heavy atom. The molecule has 4 rings (SSSR count). The summed E-state index contributed by atoms with van der Waals surface area (Å²) in [4.78, 5) is 15.6. The molecule has 1 aliphatic rings. The van der Waals surface area contributed by atoms with Crippen molar-refractivity contribution < 1.29 is 28.2 Å². The molecule has 0 saturated heterocycles. The summed E-state index contributed by atoms with van der Waals surface area (Å²) in [7, 11) is 0. The molecule has 8 heteroatoms. The zero-order chi connectivity index (χ0) is 23.6. The number of carbonyl (C=O) groups is 1. The number of ether oxygens (including phenoxy) is 2. The van der Waals surface area contributed by atoms with Gasteiger partial charge in [-0.3, -0.25) is 0 Å². The molecule has 2 aromatic carbocycles. The lowest BCUT2D eigenvalue weighted by molar-refractivity contribution is -0.155. The normalized spacial score (nSPS) is 14.8. The molecule has 0 unspecified atom stereocenters. The smallest absolute Gasteiger partial charge is 0.348 e. The lowest BCUT2D eigenvalue weighted by Gasteiger charge is -2.25. The first kappa shape index (κ1) is 22.7. The number of hydrogen-bond donors (Lipinski definition) is 2. The van der Waals surface area contributed by atoms with Gasteiger partial charge in [-0.1, -0.05) is 24.3 Å². The van der Waals surface area contributed by atoms with Crippen LogP contribution in [0.25, 0.3) is 11.1 Å². The third-order valence-electron chi connectivity index (χ3n) is 5.72. The quantitative estimate of drug-likeness (QED) is 0.499. The number of carboxylic acids is 1. The van der Waals surface area contributed by atoms with Gasteiger partial charge in [0.15, 0.2) is 11.6 Å². The van der Waals surface area contributed by atoms with Crippen LogP contribution in [0.3, 0.4) is 0 Å². The zero-order valence-corrected chi connectivity index (χ0v) is 18.1. The molecule has 33 heavy (non-hydrogen) atoms. The number of aliphatic carboxylic acids is 1. The number of hydrogen-bond acceptors (Lipinski definition) is 5. The van der Waals surface area contributed by atoms with Crippen LogP contribution in [0.5, 0.6) is 17.5 Å². The van der Waals surface area contributed by atoms with E-state index in [0.29, 0.717) is 31.2 Å². The van der Waals surface area contributed by atoms with Gasteiger partial charge in [0, 0.05) is 12.6 Å². The molecule has 1 aromatic heterocycles. The van der Waals surface area contributed by atoms with Gasteiger partial charge in [-0.15, -0.1) is 0 Å². The molecular weight excluding hydrogens is 430 g/mol. The highest BCUT2D eigenvalue weighted by atomic mass is 19.1. The maximum Gasteiger partial charge on any atom is 0.348 e. The molecule has 0 spiro atoms. The van der Waals surface area contributed by atoms with Gasteiger partial charge >= 0.3 is 5.97 Å². The molecule has 6 nitrogen and oxygen atoms in total. The first-order valence-corrected chi connectivity index (χ1v) is 10.7. The highest BCUT2D eigenvalue weighted by Gasteiger charge is 2.45. The summed E-state index contributed by atoms with van der Waals surface area (Å²) >= 11 is 0. The Balaban J connectivity index is 1.66. The lowest BCUT2D eigenvalue weighted by atomic mass is 10.0. The molecule has 0 amide bonds. The molecule has 0 radical (unpaired) electrons. The van der Waals surface area contributed by atoms with Crippen molar-refractivity contribution in [2.75, 3.05) is 0 Å². The van der Waals surface area contributed by atoms with Crippen LogP contribution in [0.15, 0.2) is 48.5 Å². The second-order valence-corrected chi connectivity index (χ2v) is 8.21. The highest BCUT2D eigenvalue weighted by Crippen LogP contribution is 2.37. The topological polar surface area (TPSA) is 94.7 Å². The Labute approximate surface area is 190 Å². The van der Waals surface area contributed by atoms with E-state index in [2.05, 4.69) is 4.98 Å². The van der Waals surface area contributed by atoms with E-state index in [9.17, 15) is 18.7 Å². The third kappa shape index (κ3) is 4.80. The minimum absolute atomic E-state index is 0.222. The molecule has 0 aliphatic heterocycles. The molecular formula is C25H24F2N2O4. The number of nitrogens with zero attached hydrogens (tertiary/aromatic N) is 1. The Hall–Kier alpha value is -3.52. The maximum atomic E-state index is 14.5. The fourth-order valence-corrected chi connectivity index (χ4v) is 4.03. The van der Waals surface area contributed by atoms with E-state index in [1.54, 1.807) is 12.1 Å². The van der Waals surface area contributed by atoms with Crippen molar-refractivity contribution in [2.24, 2.45) is 5.73 Å². The maximum absolute atomic E-state index is 14.5. The van der Waals surface area contributed by atoms with Gasteiger partial charge in [-0.05, 0) is 73.1 Å². The minimum atomic E-state index is -1.58. The van der Waals surface area contributed by atoms with Crippen LogP contribution in [0.4, 0.5) is 8.78 Å². The fourth-order valence-electron chi connectivity index (χ4n) is 4.03. The first-order chi connectivity index (χ1) is 15.8. The van der Waals surface area contributed by atoms with Crippen LogP contribution in [0.2, 0.25) is 0 Å². The van der Waals surface area contributed by atoms with Gasteiger partial charge in [0.2, 0.25) is 5.60 Å². The van der Waals surface area contributed by atoms with Gasteiger partial charge in [-0.2, -0.15) is 4.98 Å². The van der Waals surface area contributed by atoms with Crippen LogP contribution in [0.1, 0.15) is 36.8 Å². The zero-order valence-electron chi connectivity index (χ0n) is 18.1. The van der Waals surface area contributed by atoms with Crippen molar-refractivity contribution >= 4 is 5.97 Å². The number of aryl methyl sites for hydroxylation is 1. The Bertz CT molecular complexity index is 1190. The number of benzene rings is 2. The van der Waals surface area contributed by atoms with Crippen LogP contribution in [0, 0.1) is 18.6 Å². The van der Waals surface area contributed by atoms with Crippen LogP contribution >= 0.6 is 0 Å². The average Bonchev–Trinajstić information content (AvgIpc) is 3.27. The van der Waals surface area contributed by atoms with Gasteiger partial charge in [0.25, 0.3) is 11.8 Å². The summed E-state index contributed by atoms with van der Waals surface area (Å²) in [5.41, 5.74) is 7.72. The molecule has 1 fully saturated rings. The second-order valence-electron chi connectivity index (χ2n) is 8.21. The second kappa shape index (κ2) is 9.15. The Morgan fingerprint density at radius 3 is 2.48 bits per heavy atom. The molecule has 0 bridgehead atoms. The van der Waals surface area contributed by atoms with E-state index < -0.39 is 35.0 Å². The predicted octanol–water partition coefficient (Wildman–Crippen LogP) is 5.36. The fraction of sp³-hybridized carbons (Fsp3) is 0.280. The van der Waals surface area contributed by atoms with Crippen LogP contribution in [-0.4, -0.2) is 21.7 Å². The lowest BCUT2D eigenvalue weighted by Crippen LogP contribution is -2.42. The standard InChI is InChI=1S/C25H24F2N2O4/c1-15-9-18(17-6-4-5-16(11-17)14-28)12-19(10-15)32-22-20(26)13-21(27)23(29-22)33-25(24(30)31)7-2-3-8-25/h4-6,9-13H,2-3,7-8,14,28H2,1H3,(H,30,31). The van der Waals surface area contributed by atoms with Crippen molar-refractivity contribution in [1.82, 2.24) is 4.98 Å². The number of rotatable bonds is 7. The first-order valence-electron chi connectivity index (χ1n) is 10.7. The Kier molecular flexibility index (Phi) is 6.29. The summed E-state index contributed by atoms with van der Waals surface area (Å²) < 4.78 is 40.0. The van der Waals surface area contributed by atoms with Crippen LogP contribution < -0.4 is 15.2 Å². The number of aromatic nitrogens is 1. The monoisotopic (exact) mass is 454 g/mol. The van der Waals surface area contributed by atoms with Crippen molar-refractivity contribution in [3.05, 3.63) is 71.3 Å². The van der Waals surface area contributed by atoms with E-state index in [1.807, 2.05) is 37.3 Å². The molecule has 3 N–H and O–H groups in total. The van der Waals surface area contributed by atoms with Crippen LogP contribution in [-0.2, 0) is 11.3 Å². The molecule has 1 saturated carbocycles. The number of pyridine rings is 1. The molecule has 172 valence electrons. The van der Waals surface area contributed by atoms with Gasteiger partial charge < -0.3 is 20.3 Å². The average molecular weight is 454 g/mol. The predicted molar refractivity (Wildman–Crippen MR) is 118 cm³/mol. The highest BCUT2D eigenvalue weighted by molar-refractivity contribution is 5.78. The summed E-state index contributed by atoms with van der Waals surface area (Å²) in [6.07, 6.45) is 1.71. The number of nitrogens with two attached hydrogens (primary N) is 1. The van der Waals surface area contributed by atoms with E-state index >= 15 is 0 Å². The summed E-state index contributed by atoms with van der Waals surface area (Å²) in [5, 5.41) is 9.59. The van der Waals surface area contributed by atoms with E-state index in [-0.39, 0.29) is 12.8 Å². The van der Waals surface area contributed by atoms with Gasteiger partial charge in [-0.25, -0.2) is 13.6 Å². The van der Waals surface area contributed by atoms with Crippen molar-refractivity contribution in [2.45, 2.75) is 44.8 Å². The van der Waals surface area contributed by atoms with Crippen molar-refractivity contribution in [3.63, 3.8) is 0 Å². The van der Waals surface area contributed by atoms with E-state index in [0.717, 1.165) is 22.3 Å². The largest absolute Gasteiger partial charge is 0.478 e. The summed E-state index contributed by atoms with van der Waals surface area (Å²) in [6, 6.07) is 13.6.